The van der Waals surface area contributed by atoms with Crippen LogP contribution in [0.2, 0.25) is 0 Å². The Morgan fingerprint density at radius 1 is 0.892 bits per heavy atom. The first-order chi connectivity index (χ1) is 18.2. The first kappa shape index (κ1) is 25.4. The number of hydrogen-bond acceptors (Lipinski definition) is 5. The second-order valence-corrected chi connectivity index (χ2v) is 10.8. The molecule has 190 valence electrons. The molecule has 1 saturated heterocycles. The zero-order valence-corrected chi connectivity index (χ0v) is 21.9. The fraction of sp³-hybridized carbons (Fsp3) is 0.281. The standard InChI is InChI=1S/C32H34N2O2S/c33-20-30-19-29(23-37-30)26-11-13-28(14-12-26)31(27-9-5-2-6-10-27)32(35)36-22-25-15-17-34(18-16-25)21-24-7-3-1-4-8-24/h1-14,19,23,25,31H,15-18,20-22,33H2. The topological polar surface area (TPSA) is 55.6 Å². The van der Waals surface area contributed by atoms with E-state index in [-0.39, 0.29) is 5.97 Å². The van der Waals surface area contributed by atoms with Crippen molar-refractivity contribution in [1.82, 2.24) is 4.90 Å². The van der Waals surface area contributed by atoms with Crippen molar-refractivity contribution < 1.29 is 9.53 Å². The van der Waals surface area contributed by atoms with E-state index in [0.29, 0.717) is 19.1 Å². The zero-order valence-electron chi connectivity index (χ0n) is 21.1. The van der Waals surface area contributed by atoms with Gasteiger partial charge in [0.15, 0.2) is 0 Å². The monoisotopic (exact) mass is 510 g/mol. The Morgan fingerprint density at radius 3 is 2.19 bits per heavy atom. The number of thiophene rings is 1. The summed E-state index contributed by atoms with van der Waals surface area (Å²) < 4.78 is 5.97. The number of ether oxygens (including phenoxy) is 1. The Kier molecular flexibility index (Phi) is 8.46. The predicted octanol–water partition coefficient (Wildman–Crippen LogP) is 6.46. The molecule has 0 saturated carbocycles. The SMILES string of the molecule is NCc1cc(-c2ccc(C(C(=O)OCC3CCN(Cc4ccccc4)CC3)c3ccccc3)cc2)cs1. The Morgan fingerprint density at radius 2 is 1.54 bits per heavy atom. The van der Waals surface area contributed by atoms with Crippen LogP contribution in [-0.2, 0) is 22.6 Å². The average molecular weight is 511 g/mol. The summed E-state index contributed by atoms with van der Waals surface area (Å²) in [4.78, 5) is 17.1. The average Bonchev–Trinajstić information content (AvgIpc) is 3.44. The molecular formula is C32H34N2O2S. The molecule has 0 aliphatic carbocycles. The van der Waals surface area contributed by atoms with Crippen LogP contribution in [0.4, 0.5) is 0 Å². The molecule has 1 aliphatic rings. The van der Waals surface area contributed by atoms with E-state index in [1.807, 2.05) is 30.3 Å². The third kappa shape index (κ3) is 6.55. The van der Waals surface area contributed by atoms with Gasteiger partial charge in [0, 0.05) is 18.0 Å². The maximum Gasteiger partial charge on any atom is 0.317 e. The molecule has 5 rings (SSSR count). The minimum atomic E-state index is -0.435. The van der Waals surface area contributed by atoms with Crippen molar-refractivity contribution in [3.63, 3.8) is 0 Å². The third-order valence-electron chi connectivity index (χ3n) is 7.22. The van der Waals surface area contributed by atoms with Gasteiger partial charge in [0.2, 0.25) is 0 Å². The molecule has 2 heterocycles. The van der Waals surface area contributed by atoms with Crippen LogP contribution in [0.5, 0.6) is 0 Å². The van der Waals surface area contributed by atoms with Crippen LogP contribution in [-0.4, -0.2) is 30.6 Å². The van der Waals surface area contributed by atoms with Crippen LogP contribution in [0.25, 0.3) is 11.1 Å². The molecular weight excluding hydrogens is 476 g/mol. The Hall–Kier alpha value is -3.25. The number of benzene rings is 3. The van der Waals surface area contributed by atoms with Gasteiger partial charge in [-0.2, -0.15) is 0 Å². The molecule has 1 aliphatic heterocycles. The van der Waals surface area contributed by atoms with Crippen LogP contribution >= 0.6 is 11.3 Å². The number of hydrogen-bond donors (Lipinski definition) is 1. The van der Waals surface area contributed by atoms with Crippen molar-refractivity contribution in [1.29, 1.82) is 0 Å². The van der Waals surface area contributed by atoms with Crippen LogP contribution < -0.4 is 5.73 Å². The summed E-state index contributed by atoms with van der Waals surface area (Å²) >= 11 is 1.67. The molecule has 5 heteroatoms. The molecule has 0 spiro atoms. The van der Waals surface area contributed by atoms with Crippen LogP contribution in [0.3, 0.4) is 0 Å². The predicted molar refractivity (Wildman–Crippen MR) is 151 cm³/mol. The quantitative estimate of drug-likeness (QED) is 0.263. The van der Waals surface area contributed by atoms with E-state index in [1.54, 1.807) is 11.3 Å². The lowest BCUT2D eigenvalue weighted by atomic mass is 9.90. The zero-order chi connectivity index (χ0) is 25.5. The van der Waals surface area contributed by atoms with Gasteiger partial charge in [0.1, 0.15) is 5.92 Å². The van der Waals surface area contributed by atoms with E-state index in [2.05, 4.69) is 70.9 Å². The number of likely N-dealkylation sites (tertiary alicyclic amines) is 1. The maximum atomic E-state index is 13.4. The van der Waals surface area contributed by atoms with Crippen LogP contribution in [0.15, 0.2) is 96.4 Å². The van der Waals surface area contributed by atoms with Gasteiger partial charge in [0.25, 0.3) is 0 Å². The van der Waals surface area contributed by atoms with Crippen molar-refractivity contribution in [2.45, 2.75) is 31.8 Å². The number of piperidine rings is 1. The first-order valence-corrected chi connectivity index (χ1v) is 13.9. The van der Waals surface area contributed by atoms with Crippen molar-refractivity contribution in [3.8, 4) is 11.1 Å². The summed E-state index contributed by atoms with van der Waals surface area (Å²) in [7, 11) is 0. The Bertz CT molecular complexity index is 1260. The molecule has 0 radical (unpaired) electrons. The molecule has 1 aromatic heterocycles. The highest BCUT2D eigenvalue weighted by Crippen LogP contribution is 2.31. The van der Waals surface area contributed by atoms with Gasteiger partial charge < -0.3 is 10.5 Å². The number of rotatable bonds is 9. The summed E-state index contributed by atoms with van der Waals surface area (Å²) in [6.07, 6.45) is 2.10. The molecule has 4 nitrogen and oxygen atoms in total. The van der Waals surface area contributed by atoms with E-state index in [9.17, 15) is 4.79 Å². The Labute approximate surface area is 223 Å². The normalized spacial score (nSPS) is 15.4. The van der Waals surface area contributed by atoms with Crippen molar-refractivity contribution >= 4 is 17.3 Å². The fourth-order valence-corrected chi connectivity index (χ4v) is 5.83. The molecule has 2 N–H and O–H groups in total. The van der Waals surface area contributed by atoms with Gasteiger partial charge in [-0.05, 0) is 71.1 Å². The first-order valence-electron chi connectivity index (χ1n) is 13.1. The van der Waals surface area contributed by atoms with Crippen molar-refractivity contribution in [2.75, 3.05) is 19.7 Å². The maximum absolute atomic E-state index is 13.4. The third-order valence-corrected chi connectivity index (χ3v) is 8.18. The fourth-order valence-electron chi connectivity index (χ4n) is 5.05. The lowest BCUT2D eigenvalue weighted by molar-refractivity contribution is -0.146. The Balaban J connectivity index is 1.22. The van der Waals surface area contributed by atoms with E-state index < -0.39 is 5.92 Å². The summed E-state index contributed by atoms with van der Waals surface area (Å²) in [5.41, 5.74) is 11.3. The summed E-state index contributed by atoms with van der Waals surface area (Å²) in [5.74, 6) is -0.202. The smallest absolute Gasteiger partial charge is 0.317 e. The largest absolute Gasteiger partial charge is 0.465 e. The van der Waals surface area contributed by atoms with Gasteiger partial charge in [-0.25, -0.2) is 0 Å². The van der Waals surface area contributed by atoms with Gasteiger partial charge >= 0.3 is 5.97 Å². The second-order valence-electron chi connectivity index (χ2n) is 9.81. The summed E-state index contributed by atoms with van der Waals surface area (Å²) in [5, 5.41) is 2.13. The van der Waals surface area contributed by atoms with Crippen molar-refractivity contribution in [3.05, 3.63) is 118 Å². The molecule has 4 aromatic rings. The molecule has 3 aromatic carbocycles. The van der Waals surface area contributed by atoms with E-state index >= 15 is 0 Å². The molecule has 37 heavy (non-hydrogen) atoms. The molecule has 1 fully saturated rings. The highest BCUT2D eigenvalue weighted by atomic mass is 32.1. The minimum Gasteiger partial charge on any atom is -0.465 e. The number of carbonyl (C=O) groups excluding carboxylic acids is 1. The van der Waals surface area contributed by atoms with Crippen LogP contribution in [0.1, 0.15) is 40.3 Å². The number of esters is 1. The van der Waals surface area contributed by atoms with Gasteiger partial charge in [-0.15, -0.1) is 11.3 Å². The molecule has 0 amide bonds. The van der Waals surface area contributed by atoms with E-state index in [4.69, 9.17) is 10.5 Å². The van der Waals surface area contributed by atoms with Gasteiger partial charge in [0.05, 0.1) is 6.61 Å². The highest BCUT2D eigenvalue weighted by molar-refractivity contribution is 7.10. The lowest BCUT2D eigenvalue weighted by Crippen LogP contribution is -2.35. The summed E-state index contributed by atoms with van der Waals surface area (Å²) in [6, 6.07) is 31.0. The number of carbonyl (C=O) groups is 1. The van der Waals surface area contributed by atoms with Crippen LogP contribution in [0, 0.1) is 5.92 Å². The number of nitrogens with two attached hydrogens (primary N) is 1. The highest BCUT2D eigenvalue weighted by Gasteiger charge is 2.27. The van der Waals surface area contributed by atoms with E-state index in [1.165, 1.54) is 5.56 Å². The lowest BCUT2D eigenvalue weighted by Gasteiger charge is -2.32. The molecule has 0 bridgehead atoms. The second kappa shape index (κ2) is 12.3. The number of nitrogens with zero attached hydrogens (tertiary/aromatic N) is 1. The minimum absolute atomic E-state index is 0.174. The van der Waals surface area contributed by atoms with E-state index in [0.717, 1.165) is 59.6 Å². The van der Waals surface area contributed by atoms with Gasteiger partial charge in [-0.3, -0.25) is 9.69 Å². The molecule has 1 atom stereocenters. The van der Waals surface area contributed by atoms with Gasteiger partial charge in [-0.1, -0.05) is 84.9 Å². The van der Waals surface area contributed by atoms with Crippen molar-refractivity contribution in [2.24, 2.45) is 11.7 Å². The summed E-state index contributed by atoms with van der Waals surface area (Å²) in [6.45, 7) is 4.09. The molecule has 1 unspecified atom stereocenters.